The van der Waals surface area contributed by atoms with E-state index in [1.165, 1.54) is 18.9 Å². The third-order valence-corrected chi connectivity index (χ3v) is 4.60. The van der Waals surface area contributed by atoms with E-state index < -0.39 is 5.79 Å². The summed E-state index contributed by atoms with van der Waals surface area (Å²) in [5, 5.41) is 10.0. The van der Waals surface area contributed by atoms with Crippen molar-refractivity contribution in [1.82, 2.24) is 0 Å². The van der Waals surface area contributed by atoms with Crippen LogP contribution in [0.1, 0.15) is 67.2 Å². The summed E-state index contributed by atoms with van der Waals surface area (Å²) in [5.41, 5.74) is 0.931. The molecule has 1 aliphatic rings. The van der Waals surface area contributed by atoms with Crippen LogP contribution in [-0.2, 0) is 9.53 Å². The van der Waals surface area contributed by atoms with Gasteiger partial charge in [0.25, 0.3) is 5.79 Å². The van der Waals surface area contributed by atoms with Gasteiger partial charge in [-0.15, -0.1) is 0 Å². The topological polar surface area (TPSA) is 46.5 Å². The molecule has 0 saturated heterocycles. The number of carbonyl (C=O) groups is 1. The van der Waals surface area contributed by atoms with Crippen LogP contribution in [0.25, 0.3) is 0 Å². The number of allylic oxidation sites excluding steroid dienone is 2. The van der Waals surface area contributed by atoms with Crippen molar-refractivity contribution < 1.29 is 14.6 Å². The van der Waals surface area contributed by atoms with Crippen LogP contribution >= 0.6 is 0 Å². The number of hydrogen-bond donors (Lipinski definition) is 1. The van der Waals surface area contributed by atoms with Gasteiger partial charge in [-0.1, -0.05) is 47.1 Å². The van der Waals surface area contributed by atoms with Gasteiger partial charge in [0, 0.05) is 12.5 Å². The monoisotopic (exact) mass is 308 g/mol. The normalized spacial score (nSPS) is 26.4. The van der Waals surface area contributed by atoms with E-state index >= 15 is 0 Å². The summed E-state index contributed by atoms with van der Waals surface area (Å²) < 4.78 is 5.46. The van der Waals surface area contributed by atoms with Crippen LogP contribution in [0.3, 0.4) is 0 Å². The fourth-order valence-corrected chi connectivity index (χ4v) is 3.10. The van der Waals surface area contributed by atoms with Crippen molar-refractivity contribution in [3.63, 3.8) is 0 Å². The van der Waals surface area contributed by atoms with E-state index in [-0.39, 0.29) is 12.2 Å². The van der Waals surface area contributed by atoms with E-state index in [0.717, 1.165) is 17.9 Å². The molecular formula is C19H32O3. The van der Waals surface area contributed by atoms with E-state index in [2.05, 4.69) is 33.8 Å². The van der Waals surface area contributed by atoms with E-state index in [4.69, 9.17) is 4.74 Å². The second kappa shape index (κ2) is 7.96. The summed E-state index contributed by atoms with van der Waals surface area (Å²) in [6, 6.07) is 0. The Bertz CT molecular complexity index is 450. The molecule has 126 valence electrons. The predicted octanol–water partition coefficient (Wildman–Crippen LogP) is 4.61. The maximum absolute atomic E-state index is 11.8. The molecule has 0 radical (unpaired) electrons. The van der Waals surface area contributed by atoms with Crippen LogP contribution in [0.2, 0.25) is 0 Å². The number of aliphatic hydroxyl groups is 1. The van der Waals surface area contributed by atoms with Crippen molar-refractivity contribution in [3.05, 3.63) is 23.5 Å². The largest absolute Gasteiger partial charge is 0.454 e. The summed E-state index contributed by atoms with van der Waals surface area (Å²) in [5.74, 6) is 0.379. The van der Waals surface area contributed by atoms with Crippen molar-refractivity contribution >= 4 is 5.78 Å². The number of ether oxygens (including phenoxy) is 1. The van der Waals surface area contributed by atoms with Gasteiger partial charge in [0.05, 0.1) is 0 Å². The molecule has 0 saturated carbocycles. The molecule has 1 unspecified atom stereocenters. The lowest BCUT2D eigenvalue weighted by Crippen LogP contribution is -2.35. The van der Waals surface area contributed by atoms with Gasteiger partial charge in [0.2, 0.25) is 5.78 Å². The standard InChI is InChI=1S/C19H32O3/c1-7-13(3)9-14(4)10-15(5)11-16(6)17-12-18(20)19(21,8-2)22-17/h11-15,21H,7-10H2,1-6H3/b16-11-/t13-,14+,15-,19?/m0/s1. The third-order valence-electron chi connectivity index (χ3n) is 4.60. The molecular weight excluding hydrogens is 276 g/mol. The van der Waals surface area contributed by atoms with Crippen LogP contribution in [-0.4, -0.2) is 16.7 Å². The molecule has 0 amide bonds. The van der Waals surface area contributed by atoms with Crippen LogP contribution in [0.15, 0.2) is 23.5 Å². The Morgan fingerprint density at radius 2 is 1.91 bits per heavy atom. The zero-order valence-electron chi connectivity index (χ0n) is 15.0. The number of carbonyl (C=O) groups excluding carboxylic acids is 1. The van der Waals surface area contributed by atoms with Gasteiger partial charge in [0.15, 0.2) is 0 Å². The fourth-order valence-electron chi connectivity index (χ4n) is 3.10. The van der Waals surface area contributed by atoms with Gasteiger partial charge in [-0.2, -0.15) is 0 Å². The van der Waals surface area contributed by atoms with Crippen LogP contribution in [0.5, 0.6) is 0 Å². The average molecular weight is 308 g/mol. The molecule has 3 nitrogen and oxygen atoms in total. The molecule has 1 N–H and O–H groups in total. The van der Waals surface area contributed by atoms with E-state index in [0.29, 0.717) is 17.6 Å². The van der Waals surface area contributed by atoms with Gasteiger partial charge in [0.1, 0.15) is 5.76 Å². The first kappa shape index (κ1) is 19.0. The molecule has 0 aromatic rings. The van der Waals surface area contributed by atoms with E-state index in [1.807, 2.05) is 6.92 Å². The minimum atomic E-state index is -1.66. The Morgan fingerprint density at radius 3 is 2.41 bits per heavy atom. The lowest BCUT2D eigenvalue weighted by atomic mass is 9.88. The lowest BCUT2D eigenvalue weighted by Gasteiger charge is -2.21. The highest BCUT2D eigenvalue weighted by Crippen LogP contribution is 2.31. The molecule has 4 atom stereocenters. The highest BCUT2D eigenvalue weighted by molar-refractivity contribution is 5.98. The Balaban J connectivity index is 2.62. The number of ketones is 1. The molecule has 3 heteroatoms. The maximum atomic E-state index is 11.8. The van der Waals surface area contributed by atoms with Crippen molar-refractivity contribution in [1.29, 1.82) is 0 Å². The Labute approximate surface area is 135 Å². The molecule has 0 fully saturated rings. The SMILES string of the molecule is CC[C@H](C)C[C@@H](C)C[C@H](C)/C=C(/C)C1=CC(=O)C(O)(CC)O1. The smallest absolute Gasteiger partial charge is 0.271 e. The summed E-state index contributed by atoms with van der Waals surface area (Å²) in [6.07, 6.45) is 7.44. The van der Waals surface area contributed by atoms with E-state index in [1.54, 1.807) is 6.92 Å². The molecule has 0 aromatic heterocycles. The Hall–Kier alpha value is -1.09. The number of hydrogen-bond acceptors (Lipinski definition) is 3. The van der Waals surface area contributed by atoms with Gasteiger partial charge in [-0.05, 0) is 43.1 Å². The number of rotatable bonds is 8. The van der Waals surface area contributed by atoms with Crippen LogP contribution in [0.4, 0.5) is 0 Å². The van der Waals surface area contributed by atoms with Crippen LogP contribution < -0.4 is 0 Å². The lowest BCUT2D eigenvalue weighted by molar-refractivity contribution is -0.177. The molecule has 1 aliphatic heterocycles. The summed E-state index contributed by atoms with van der Waals surface area (Å²) >= 11 is 0. The molecule has 0 aromatic carbocycles. The summed E-state index contributed by atoms with van der Waals surface area (Å²) in [7, 11) is 0. The van der Waals surface area contributed by atoms with Gasteiger partial charge in [-0.3, -0.25) is 4.79 Å². The average Bonchev–Trinajstić information content (AvgIpc) is 2.75. The van der Waals surface area contributed by atoms with Crippen molar-refractivity contribution in [2.24, 2.45) is 17.8 Å². The Kier molecular flexibility index (Phi) is 6.86. The predicted molar refractivity (Wildman–Crippen MR) is 90.2 cm³/mol. The zero-order valence-corrected chi connectivity index (χ0v) is 15.0. The van der Waals surface area contributed by atoms with Crippen molar-refractivity contribution in [2.45, 2.75) is 73.0 Å². The highest BCUT2D eigenvalue weighted by Gasteiger charge is 2.41. The van der Waals surface area contributed by atoms with Crippen molar-refractivity contribution in [2.75, 3.05) is 0 Å². The van der Waals surface area contributed by atoms with Crippen LogP contribution in [0, 0.1) is 17.8 Å². The first-order valence-corrected chi connectivity index (χ1v) is 8.58. The molecule has 0 bridgehead atoms. The summed E-state index contributed by atoms with van der Waals surface area (Å²) in [6.45, 7) is 12.7. The minimum absolute atomic E-state index is 0.264. The third kappa shape index (κ3) is 4.98. The van der Waals surface area contributed by atoms with Crippen molar-refractivity contribution in [3.8, 4) is 0 Å². The van der Waals surface area contributed by atoms with Gasteiger partial charge >= 0.3 is 0 Å². The molecule has 1 rings (SSSR count). The zero-order chi connectivity index (χ0) is 16.9. The second-order valence-corrected chi connectivity index (χ2v) is 7.03. The molecule has 0 aliphatic carbocycles. The first-order valence-electron chi connectivity index (χ1n) is 8.58. The van der Waals surface area contributed by atoms with Gasteiger partial charge < -0.3 is 9.84 Å². The van der Waals surface area contributed by atoms with E-state index in [9.17, 15) is 9.90 Å². The molecule has 0 spiro atoms. The first-order chi connectivity index (χ1) is 10.2. The minimum Gasteiger partial charge on any atom is -0.454 e. The summed E-state index contributed by atoms with van der Waals surface area (Å²) in [4.78, 5) is 11.8. The quantitative estimate of drug-likeness (QED) is 0.712. The molecule has 1 heterocycles. The van der Waals surface area contributed by atoms with Gasteiger partial charge in [-0.25, -0.2) is 0 Å². The maximum Gasteiger partial charge on any atom is 0.271 e. The fraction of sp³-hybridized carbons (Fsp3) is 0.737. The Morgan fingerprint density at radius 1 is 1.27 bits per heavy atom. The second-order valence-electron chi connectivity index (χ2n) is 7.03. The highest BCUT2D eigenvalue weighted by atomic mass is 16.6. The molecule has 22 heavy (non-hydrogen) atoms.